The van der Waals surface area contributed by atoms with Crippen LogP contribution in [0.15, 0.2) is 0 Å². The summed E-state index contributed by atoms with van der Waals surface area (Å²) in [7, 11) is 0. The number of ketones is 1. The number of Topliss-reactive ketones (excluding diaryl/α,β-unsaturated/α-hetero) is 1. The van der Waals surface area contributed by atoms with Crippen LogP contribution < -0.4 is 5.73 Å². The fraction of sp³-hybridized carbons (Fsp3) is 0.857. The molecule has 0 unspecified atom stereocenters. The number of carbonyl (C=O) groups is 2. The maximum Gasteiger partial charge on any atom is 0.224 e. The average Bonchev–Trinajstić information content (AvgIpc) is 2.11. The van der Waals surface area contributed by atoms with Gasteiger partial charge in [0.2, 0.25) is 5.91 Å². The second kappa shape index (κ2) is 3.82. The summed E-state index contributed by atoms with van der Waals surface area (Å²) in [5, 5.41) is 0. The first-order valence-corrected chi connectivity index (χ1v) is 6.85. The molecule has 0 heterocycles. The summed E-state index contributed by atoms with van der Waals surface area (Å²) in [5.74, 6) is 2.19. The number of primary amides is 1. The molecule has 1 amide bonds. The first-order valence-electron chi connectivity index (χ1n) is 6.85. The monoisotopic (exact) mass is 235 g/mol. The Morgan fingerprint density at radius 1 is 1.00 bits per heavy atom. The first kappa shape index (κ1) is 11.2. The van der Waals surface area contributed by atoms with Crippen LogP contribution in [0.2, 0.25) is 0 Å². The molecule has 0 aliphatic heterocycles. The standard InChI is InChI=1S/C14H21NO2/c15-13(17)4-12(16)8-14-5-9-1-10(6-14)3-11(2-9)7-14/h9-11H,1-8H2,(H2,15,17). The molecule has 94 valence electrons. The van der Waals surface area contributed by atoms with E-state index in [1.165, 1.54) is 38.5 Å². The van der Waals surface area contributed by atoms with Crippen LogP contribution in [0.4, 0.5) is 0 Å². The lowest BCUT2D eigenvalue weighted by molar-refractivity contribution is -0.131. The summed E-state index contributed by atoms with van der Waals surface area (Å²) in [6.45, 7) is 0. The first-order chi connectivity index (χ1) is 8.05. The van der Waals surface area contributed by atoms with E-state index in [0.29, 0.717) is 6.42 Å². The molecule has 0 spiro atoms. The minimum absolute atomic E-state index is 0.0538. The lowest BCUT2D eigenvalue weighted by Gasteiger charge is -2.56. The van der Waals surface area contributed by atoms with Crippen molar-refractivity contribution in [2.45, 2.75) is 51.4 Å². The van der Waals surface area contributed by atoms with Crippen LogP contribution in [0.25, 0.3) is 0 Å². The summed E-state index contributed by atoms with van der Waals surface area (Å²) in [6.07, 6.45) is 8.41. The molecule has 2 N–H and O–H groups in total. The molecule has 3 heteroatoms. The van der Waals surface area contributed by atoms with E-state index >= 15 is 0 Å². The lowest BCUT2D eigenvalue weighted by atomic mass is 9.48. The third-order valence-corrected chi connectivity index (χ3v) is 5.11. The fourth-order valence-corrected chi connectivity index (χ4v) is 5.18. The second-order valence-corrected chi connectivity index (χ2v) is 6.78. The molecule has 0 radical (unpaired) electrons. The summed E-state index contributed by atoms with van der Waals surface area (Å²) < 4.78 is 0. The summed E-state index contributed by atoms with van der Waals surface area (Å²) in [6, 6.07) is 0. The predicted octanol–water partition coefficient (Wildman–Crippen LogP) is 2.04. The molecule has 4 rings (SSSR count). The van der Waals surface area contributed by atoms with Crippen molar-refractivity contribution in [2.24, 2.45) is 28.9 Å². The molecule has 3 nitrogen and oxygen atoms in total. The molecule has 0 saturated heterocycles. The Hall–Kier alpha value is -0.860. The molecular formula is C14H21NO2. The smallest absolute Gasteiger partial charge is 0.224 e. The van der Waals surface area contributed by atoms with E-state index in [0.717, 1.165) is 17.8 Å². The highest BCUT2D eigenvalue weighted by Crippen LogP contribution is 2.61. The van der Waals surface area contributed by atoms with Gasteiger partial charge in [-0.1, -0.05) is 0 Å². The Kier molecular flexibility index (Phi) is 2.53. The molecule has 4 fully saturated rings. The third kappa shape index (κ3) is 2.12. The van der Waals surface area contributed by atoms with Gasteiger partial charge in [-0.15, -0.1) is 0 Å². The van der Waals surface area contributed by atoms with Crippen molar-refractivity contribution in [3.63, 3.8) is 0 Å². The van der Waals surface area contributed by atoms with Crippen LogP contribution in [0.1, 0.15) is 51.4 Å². The Bertz CT molecular complexity index is 326. The zero-order chi connectivity index (χ0) is 12.0. The largest absolute Gasteiger partial charge is 0.369 e. The molecule has 0 aromatic rings. The second-order valence-electron chi connectivity index (χ2n) is 6.78. The Balaban J connectivity index is 1.70. The SMILES string of the molecule is NC(=O)CC(=O)CC12CC3CC(CC(C3)C1)C2. The molecular weight excluding hydrogens is 214 g/mol. The van der Waals surface area contributed by atoms with Gasteiger partial charge in [-0.2, -0.15) is 0 Å². The van der Waals surface area contributed by atoms with E-state index in [1.807, 2.05) is 0 Å². The highest BCUT2D eigenvalue weighted by Gasteiger charge is 2.51. The van der Waals surface area contributed by atoms with Crippen LogP contribution in [0.3, 0.4) is 0 Å². The fourth-order valence-electron chi connectivity index (χ4n) is 5.18. The Morgan fingerprint density at radius 3 is 1.88 bits per heavy atom. The van der Waals surface area contributed by atoms with Crippen molar-refractivity contribution in [2.75, 3.05) is 0 Å². The van der Waals surface area contributed by atoms with Gasteiger partial charge in [-0.3, -0.25) is 9.59 Å². The molecule has 4 aliphatic carbocycles. The van der Waals surface area contributed by atoms with Crippen molar-refractivity contribution in [3.8, 4) is 0 Å². The van der Waals surface area contributed by atoms with Crippen LogP contribution >= 0.6 is 0 Å². The summed E-state index contributed by atoms with van der Waals surface area (Å²) in [5.41, 5.74) is 5.35. The number of hydrogen-bond acceptors (Lipinski definition) is 2. The van der Waals surface area contributed by atoms with Gasteiger partial charge in [-0.25, -0.2) is 0 Å². The van der Waals surface area contributed by atoms with E-state index in [2.05, 4.69) is 0 Å². The van der Waals surface area contributed by atoms with Crippen molar-refractivity contribution in [1.82, 2.24) is 0 Å². The topological polar surface area (TPSA) is 60.2 Å². The van der Waals surface area contributed by atoms with Gasteiger partial charge in [0.1, 0.15) is 5.78 Å². The van der Waals surface area contributed by atoms with E-state index in [4.69, 9.17) is 5.73 Å². The van der Waals surface area contributed by atoms with Gasteiger partial charge in [-0.05, 0) is 61.7 Å². The number of rotatable bonds is 4. The predicted molar refractivity (Wildman–Crippen MR) is 64.0 cm³/mol. The van der Waals surface area contributed by atoms with Crippen LogP contribution in [0, 0.1) is 23.2 Å². The Morgan fingerprint density at radius 2 is 1.47 bits per heavy atom. The van der Waals surface area contributed by atoms with Crippen LogP contribution in [-0.4, -0.2) is 11.7 Å². The molecule has 4 bridgehead atoms. The molecule has 4 aliphatic rings. The van der Waals surface area contributed by atoms with Crippen molar-refractivity contribution < 1.29 is 9.59 Å². The zero-order valence-electron chi connectivity index (χ0n) is 10.3. The minimum atomic E-state index is -0.472. The van der Waals surface area contributed by atoms with Gasteiger partial charge >= 0.3 is 0 Å². The number of nitrogens with two attached hydrogens (primary N) is 1. The molecule has 0 aromatic heterocycles. The van der Waals surface area contributed by atoms with Gasteiger partial charge in [0.05, 0.1) is 6.42 Å². The van der Waals surface area contributed by atoms with Gasteiger partial charge < -0.3 is 5.73 Å². The molecule has 17 heavy (non-hydrogen) atoms. The number of amides is 1. The Labute approximate surface area is 102 Å². The maximum absolute atomic E-state index is 11.8. The van der Waals surface area contributed by atoms with Gasteiger partial charge in [0.25, 0.3) is 0 Å². The van der Waals surface area contributed by atoms with Crippen molar-refractivity contribution >= 4 is 11.7 Å². The maximum atomic E-state index is 11.8. The third-order valence-electron chi connectivity index (χ3n) is 5.11. The van der Waals surface area contributed by atoms with E-state index in [-0.39, 0.29) is 17.6 Å². The number of hydrogen-bond donors (Lipinski definition) is 1. The zero-order valence-corrected chi connectivity index (χ0v) is 10.3. The lowest BCUT2D eigenvalue weighted by Crippen LogP contribution is -2.47. The van der Waals surface area contributed by atoms with Crippen LogP contribution in [-0.2, 0) is 9.59 Å². The summed E-state index contributed by atoms with van der Waals surface area (Å²) >= 11 is 0. The minimum Gasteiger partial charge on any atom is -0.369 e. The molecule has 0 atom stereocenters. The quantitative estimate of drug-likeness (QED) is 0.758. The highest BCUT2D eigenvalue weighted by molar-refractivity contribution is 5.97. The normalized spacial score (nSPS) is 42.7. The molecule has 4 saturated carbocycles. The van der Waals surface area contributed by atoms with Gasteiger partial charge in [0.15, 0.2) is 0 Å². The summed E-state index contributed by atoms with van der Waals surface area (Å²) in [4.78, 5) is 22.6. The highest BCUT2D eigenvalue weighted by atomic mass is 16.2. The molecule has 0 aromatic carbocycles. The van der Waals surface area contributed by atoms with Crippen molar-refractivity contribution in [3.05, 3.63) is 0 Å². The van der Waals surface area contributed by atoms with Crippen LogP contribution in [0.5, 0.6) is 0 Å². The van der Waals surface area contributed by atoms with E-state index in [9.17, 15) is 9.59 Å². The average molecular weight is 235 g/mol. The number of carbonyl (C=O) groups excluding carboxylic acids is 2. The van der Waals surface area contributed by atoms with Crippen molar-refractivity contribution in [1.29, 1.82) is 0 Å². The van der Waals surface area contributed by atoms with E-state index in [1.54, 1.807) is 0 Å². The van der Waals surface area contributed by atoms with E-state index < -0.39 is 5.91 Å². The van der Waals surface area contributed by atoms with Gasteiger partial charge in [0, 0.05) is 6.42 Å².